The Bertz CT molecular complexity index is 1160. The molecule has 4 rings (SSSR count). The van der Waals surface area contributed by atoms with Crippen LogP contribution in [0.5, 0.6) is 0 Å². The Morgan fingerprint density at radius 1 is 1.06 bits per heavy atom. The number of benzene rings is 2. The average Bonchev–Trinajstić information content (AvgIpc) is 2.88. The third-order valence-electron chi connectivity index (χ3n) is 6.90. The molecule has 1 saturated heterocycles. The zero-order valence-electron chi connectivity index (χ0n) is 21.4. The maximum Gasteiger partial charge on any atom is 0.247 e. The van der Waals surface area contributed by atoms with Crippen molar-refractivity contribution in [2.24, 2.45) is 0 Å². The predicted molar refractivity (Wildman–Crippen MR) is 144 cm³/mol. The Balaban J connectivity index is 1.43. The van der Waals surface area contributed by atoms with Gasteiger partial charge in [0.05, 0.1) is 18.4 Å². The molecule has 2 aromatic carbocycles. The highest BCUT2D eigenvalue weighted by Gasteiger charge is 2.27. The van der Waals surface area contributed by atoms with Gasteiger partial charge in [0.2, 0.25) is 11.8 Å². The standard InChI is InChI=1S/C29H35N5O2/c1-20-10-12-23(13-11-20)21(2)16-31-28(24-8-6-5-7-9-24)29(36)32-26-15-14-25(17-30-26)34-18-22(3)33(4)27(35)19-34/h5-15,17,21-22,28,31H,16,18-19H2,1-4H3,(H,30,32,36)/t21-,22?,28-/m1/s1. The number of nitrogens with one attached hydrogen (secondary N) is 2. The fourth-order valence-electron chi connectivity index (χ4n) is 4.38. The number of anilines is 2. The molecular weight excluding hydrogens is 450 g/mol. The zero-order valence-corrected chi connectivity index (χ0v) is 21.4. The Hall–Kier alpha value is -3.71. The fourth-order valence-corrected chi connectivity index (χ4v) is 4.38. The molecule has 0 aliphatic carbocycles. The molecule has 2 heterocycles. The molecule has 1 aliphatic rings. The summed E-state index contributed by atoms with van der Waals surface area (Å²) in [7, 11) is 1.83. The SMILES string of the molecule is Cc1ccc([C@H](C)CN[C@@H](C(=O)Nc2ccc(N3CC(=O)N(C)C(C)C3)cn2)c2ccccc2)cc1. The monoisotopic (exact) mass is 485 g/mol. The first-order valence-electron chi connectivity index (χ1n) is 12.4. The molecule has 0 saturated carbocycles. The molecule has 0 spiro atoms. The van der Waals surface area contributed by atoms with Crippen molar-refractivity contribution in [3.63, 3.8) is 0 Å². The smallest absolute Gasteiger partial charge is 0.247 e. The van der Waals surface area contributed by atoms with Crippen LogP contribution < -0.4 is 15.5 Å². The lowest BCUT2D eigenvalue weighted by molar-refractivity contribution is -0.131. The Morgan fingerprint density at radius 2 is 1.78 bits per heavy atom. The zero-order chi connectivity index (χ0) is 25.7. The van der Waals surface area contributed by atoms with E-state index in [0.717, 1.165) is 17.8 Å². The molecule has 7 heteroatoms. The summed E-state index contributed by atoms with van der Waals surface area (Å²) in [5.41, 5.74) is 4.22. The minimum atomic E-state index is -0.517. The lowest BCUT2D eigenvalue weighted by atomic mass is 9.98. The van der Waals surface area contributed by atoms with Crippen LogP contribution in [-0.4, -0.2) is 54.4 Å². The van der Waals surface area contributed by atoms with Gasteiger partial charge in [0.1, 0.15) is 11.9 Å². The number of amides is 2. The molecule has 1 fully saturated rings. The molecule has 7 nitrogen and oxygen atoms in total. The van der Waals surface area contributed by atoms with Crippen molar-refractivity contribution in [1.29, 1.82) is 0 Å². The van der Waals surface area contributed by atoms with Gasteiger partial charge < -0.3 is 20.4 Å². The summed E-state index contributed by atoms with van der Waals surface area (Å²) in [6.45, 7) is 7.98. The number of rotatable bonds is 8. The number of nitrogens with zero attached hydrogens (tertiary/aromatic N) is 3. The molecule has 2 N–H and O–H groups in total. The molecule has 2 amide bonds. The summed E-state index contributed by atoms with van der Waals surface area (Å²) in [5.74, 6) is 0.644. The van der Waals surface area contributed by atoms with Gasteiger partial charge in [-0.15, -0.1) is 0 Å². The van der Waals surface area contributed by atoms with Crippen LogP contribution in [0.15, 0.2) is 72.9 Å². The molecule has 3 atom stereocenters. The number of piperazine rings is 1. The largest absolute Gasteiger partial charge is 0.359 e. The van der Waals surface area contributed by atoms with Crippen molar-refractivity contribution in [2.45, 2.75) is 38.8 Å². The maximum atomic E-state index is 13.3. The van der Waals surface area contributed by atoms with Gasteiger partial charge in [0.25, 0.3) is 0 Å². The van der Waals surface area contributed by atoms with Gasteiger partial charge in [-0.25, -0.2) is 4.98 Å². The van der Waals surface area contributed by atoms with E-state index in [4.69, 9.17) is 0 Å². The topological polar surface area (TPSA) is 77.6 Å². The highest BCUT2D eigenvalue weighted by Crippen LogP contribution is 2.22. The normalized spacial score (nSPS) is 17.6. The van der Waals surface area contributed by atoms with Crippen LogP contribution in [0.25, 0.3) is 0 Å². The van der Waals surface area contributed by atoms with Gasteiger partial charge in [-0.2, -0.15) is 0 Å². The van der Waals surface area contributed by atoms with Crippen LogP contribution in [0, 0.1) is 6.92 Å². The summed E-state index contributed by atoms with van der Waals surface area (Å²) in [5, 5.41) is 6.42. The second kappa shape index (κ2) is 11.4. The first-order chi connectivity index (χ1) is 17.3. The van der Waals surface area contributed by atoms with E-state index in [1.54, 1.807) is 17.2 Å². The lowest BCUT2D eigenvalue weighted by Gasteiger charge is -2.38. The van der Waals surface area contributed by atoms with Crippen LogP contribution in [0.2, 0.25) is 0 Å². The number of hydrogen-bond acceptors (Lipinski definition) is 5. The van der Waals surface area contributed by atoms with Crippen LogP contribution in [0.3, 0.4) is 0 Å². The number of aryl methyl sites for hydroxylation is 1. The highest BCUT2D eigenvalue weighted by atomic mass is 16.2. The van der Waals surface area contributed by atoms with Gasteiger partial charge in [0, 0.05) is 26.2 Å². The van der Waals surface area contributed by atoms with Gasteiger partial charge in [0.15, 0.2) is 0 Å². The van der Waals surface area contributed by atoms with E-state index in [-0.39, 0.29) is 23.8 Å². The van der Waals surface area contributed by atoms with E-state index in [0.29, 0.717) is 18.9 Å². The number of carbonyl (C=O) groups excluding carboxylic acids is 2. The lowest BCUT2D eigenvalue weighted by Crippen LogP contribution is -2.53. The Morgan fingerprint density at radius 3 is 2.42 bits per heavy atom. The predicted octanol–water partition coefficient (Wildman–Crippen LogP) is 4.13. The first-order valence-corrected chi connectivity index (χ1v) is 12.4. The van der Waals surface area contributed by atoms with Crippen molar-refractivity contribution >= 4 is 23.3 Å². The second-order valence-corrected chi connectivity index (χ2v) is 9.69. The van der Waals surface area contributed by atoms with Crippen LogP contribution >= 0.6 is 0 Å². The van der Waals surface area contributed by atoms with E-state index < -0.39 is 6.04 Å². The van der Waals surface area contributed by atoms with E-state index in [9.17, 15) is 9.59 Å². The van der Waals surface area contributed by atoms with Gasteiger partial charge >= 0.3 is 0 Å². The Labute approximate surface area is 213 Å². The number of aromatic nitrogens is 1. The van der Waals surface area contributed by atoms with E-state index in [1.807, 2.05) is 55.3 Å². The third kappa shape index (κ3) is 6.10. The van der Waals surface area contributed by atoms with Crippen LogP contribution in [0.4, 0.5) is 11.5 Å². The minimum absolute atomic E-state index is 0.0859. The third-order valence-corrected chi connectivity index (χ3v) is 6.90. The van der Waals surface area contributed by atoms with Crippen molar-refractivity contribution in [3.8, 4) is 0 Å². The molecule has 0 radical (unpaired) electrons. The summed E-state index contributed by atoms with van der Waals surface area (Å²) < 4.78 is 0. The molecule has 1 aromatic heterocycles. The summed E-state index contributed by atoms with van der Waals surface area (Å²) in [4.78, 5) is 33.8. The Kier molecular flexibility index (Phi) is 8.00. The number of hydrogen-bond donors (Lipinski definition) is 2. The minimum Gasteiger partial charge on any atom is -0.359 e. The van der Waals surface area contributed by atoms with Crippen LogP contribution in [-0.2, 0) is 9.59 Å². The van der Waals surface area contributed by atoms with Gasteiger partial charge in [-0.1, -0.05) is 67.1 Å². The summed E-state index contributed by atoms with van der Waals surface area (Å²) >= 11 is 0. The van der Waals surface area contributed by atoms with Gasteiger partial charge in [-0.05, 0) is 43.0 Å². The summed E-state index contributed by atoms with van der Waals surface area (Å²) in [6, 6.07) is 21.5. The van der Waals surface area contributed by atoms with Crippen molar-refractivity contribution < 1.29 is 9.59 Å². The maximum absolute atomic E-state index is 13.3. The summed E-state index contributed by atoms with van der Waals surface area (Å²) in [6.07, 6.45) is 1.71. The molecule has 3 aromatic rings. The first kappa shape index (κ1) is 25.4. The molecule has 1 unspecified atom stereocenters. The van der Waals surface area contributed by atoms with Crippen molar-refractivity contribution in [1.82, 2.24) is 15.2 Å². The van der Waals surface area contributed by atoms with Crippen molar-refractivity contribution in [3.05, 3.63) is 89.6 Å². The molecule has 36 heavy (non-hydrogen) atoms. The number of carbonyl (C=O) groups is 2. The van der Waals surface area contributed by atoms with Gasteiger partial charge in [-0.3, -0.25) is 9.59 Å². The molecule has 0 bridgehead atoms. The molecule has 1 aliphatic heterocycles. The van der Waals surface area contributed by atoms with E-state index in [1.165, 1.54) is 11.1 Å². The van der Waals surface area contributed by atoms with Crippen LogP contribution in [0.1, 0.15) is 42.5 Å². The second-order valence-electron chi connectivity index (χ2n) is 9.69. The van der Waals surface area contributed by atoms with Crippen molar-refractivity contribution in [2.75, 3.05) is 36.9 Å². The highest BCUT2D eigenvalue weighted by molar-refractivity contribution is 5.95. The fraction of sp³-hybridized carbons (Fsp3) is 0.345. The van der Waals surface area contributed by atoms with E-state index >= 15 is 0 Å². The quantitative estimate of drug-likeness (QED) is 0.502. The number of pyridine rings is 1. The molecular formula is C29H35N5O2. The molecule has 188 valence electrons. The van der Waals surface area contributed by atoms with E-state index in [2.05, 4.69) is 53.7 Å². The average molecular weight is 486 g/mol. The number of likely N-dealkylation sites (N-methyl/N-ethyl adjacent to an activating group) is 1.